The number of carbonyl (C=O) groups is 2. The summed E-state index contributed by atoms with van der Waals surface area (Å²) in [6.45, 7) is 0.0124. The number of hydrogen-bond donors (Lipinski definition) is 0. The van der Waals surface area contributed by atoms with Gasteiger partial charge in [-0.2, -0.15) is 5.10 Å². The Kier molecular flexibility index (Phi) is 5.10. The summed E-state index contributed by atoms with van der Waals surface area (Å²) in [5.74, 6) is -1.05. The Bertz CT molecular complexity index is 640. The molecule has 0 amide bonds. The molecule has 0 aliphatic carbocycles. The van der Waals surface area contributed by atoms with E-state index in [1.165, 1.54) is 17.9 Å². The molecule has 110 valence electrons. The second-order valence-corrected chi connectivity index (χ2v) is 4.96. The van der Waals surface area contributed by atoms with Crippen LogP contribution in [0.4, 0.5) is 0 Å². The zero-order valence-corrected chi connectivity index (χ0v) is 12.9. The molecule has 0 radical (unpaired) electrons. The van der Waals surface area contributed by atoms with E-state index in [-0.39, 0.29) is 18.8 Å². The Balaban J connectivity index is 1.98. The number of halogens is 1. The van der Waals surface area contributed by atoms with Crippen LogP contribution in [-0.4, -0.2) is 28.8 Å². The zero-order valence-electron chi connectivity index (χ0n) is 11.3. The minimum absolute atomic E-state index is 0.164. The van der Waals surface area contributed by atoms with Crippen molar-refractivity contribution >= 4 is 27.9 Å². The summed E-state index contributed by atoms with van der Waals surface area (Å²) in [6, 6.07) is 10.8. The van der Waals surface area contributed by atoms with Crippen LogP contribution in [0.15, 0.2) is 41.0 Å². The molecule has 1 aromatic heterocycles. The predicted octanol–water partition coefficient (Wildman–Crippen LogP) is 2.18. The van der Waals surface area contributed by atoms with Crippen LogP contribution in [0.5, 0.6) is 0 Å². The van der Waals surface area contributed by atoms with Gasteiger partial charge < -0.3 is 9.47 Å². The fourth-order valence-electron chi connectivity index (χ4n) is 1.68. The molecule has 21 heavy (non-hydrogen) atoms. The molecule has 0 saturated heterocycles. The fraction of sp³-hybridized carbons (Fsp3) is 0.214. The van der Waals surface area contributed by atoms with Crippen molar-refractivity contribution in [3.63, 3.8) is 0 Å². The van der Waals surface area contributed by atoms with E-state index in [1.807, 2.05) is 30.3 Å². The highest BCUT2D eigenvalue weighted by Crippen LogP contribution is 2.12. The van der Waals surface area contributed by atoms with Crippen molar-refractivity contribution in [3.8, 4) is 0 Å². The van der Waals surface area contributed by atoms with Crippen molar-refractivity contribution in [1.29, 1.82) is 0 Å². The first-order chi connectivity index (χ1) is 10.1. The fourth-order valence-corrected chi connectivity index (χ4v) is 2.09. The largest absolute Gasteiger partial charge is 0.464 e. The van der Waals surface area contributed by atoms with Gasteiger partial charge in [-0.1, -0.05) is 30.3 Å². The van der Waals surface area contributed by atoms with E-state index in [4.69, 9.17) is 4.74 Å². The number of esters is 2. The molecule has 0 unspecified atom stereocenters. The van der Waals surface area contributed by atoms with E-state index in [1.54, 1.807) is 0 Å². The second kappa shape index (κ2) is 7.03. The summed E-state index contributed by atoms with van der Waals surface area (Å²) in [6.07, 6.45) is 0. The van der Waals surface area contributed by atoms with Crippen LogP contribution in [0.2, 0.25) is 0 Å². The average Bonchev–Trinajstić information content (AvgIpc) is 2.86. The van der Waals surface area contributed by atoms with E-state index in [9.17, 15) is 9.59 Å². The van der Waals surface area contributed by atoms with Gasteiger partial charge in [0.2, 0.25) is 0 Å². The quantitative estimate of drug-likeness (QED) is 0.771. The molecule has 7 heteroatoms. The Morgan fingerprint density at radius 2 is 2.00 bits per heavy atom. The third-order valence-corrected chi connectivity index (χ3v) is 3.05. The maximum absolute atomic E-state index is 11.8. The van der Waals surface area contributed by atoms with Crippen LogP contribution in [0.1, 0.15) is 16.1 Å². The van der Waals surface area contributed by atoms with Crippen molar-refractivity contribution in [1.82, 2.24) is 9.78 Å². The van der Waals surface area contributed by atoms with Gasteiger partial charge in [-0.25, -0.2) is 9.48 Å². The second-order valence-electron chi connectivity index (χ2n) is 4.15. The number of ether oxygens (including phenoxy) is 2. The van der Waals surface area contributed by atoms with E-state index < -0.39 is 11.9 Å². The van der Waals surface area contributed by atoms with Gasteiger partial charge in [0.05, 0.1) is 7.11 Å². The molecule has 2 rings (SSSR count). The lowest BCUT2D eigenvalue weighted by atomic mass is 10.2. The van der Waals surface area contributed by atoms with E-state index in [0.29, 0.717) is 4.60 Å². The number of methoxy groups -OCH3 is 1. The first-order valence-electron chi connectivity index (χ1n) is 6.11. The summed E-state index contributed by atoms with van der Waals surface area (Å²) in [4.78, 5) is 23.4. The van der Waals surface area contributed by atoms with Crippen molar-refractivity contribution in [3.05, 3.63) is 52.3 Å². The molecular formula is C14H13BrN2O4. The van der Waals surface area contributed by atoms with E-state index in [0.717, 1.165) is 5.56 Å². The van der Waals surface area contributed by atoms with Crippen LogP contribution in [0.3, 0.4) is 0 Å². The highest BCUT2D eigenvalue weighted by molar-refractivity contribution is 9.10. The molecule has 1 heterocycles. The third-order valence-electron chi connectivity index (χ3n) is 2.67. The van der Waals surface area contributed by atoms with Crippen molar-refractivity contribution < 1.29 is 19.1 Å². The van der Waals surface area contributed by atoms with Crippen molar-refractivity contribution in [2.24, 2.45) is 0 Å². The molecule has 0 saturated carbocycles. The summed E-state index contributed by atoms with van der Waals surface area (Å²) < 4.78 is 11.5. The minimum atomic E-state index is -0.566. The van der Waals surface area contributed by atoms with Crippen LogP contribution in [0.25, 0.3) is 0 Å². The molecule has 2 aromatic rings. The molecule has 6 nitrogen and oxygen atoms in total. The summed E-state index contributed by atoms with van der Waals surface area (Å²) in [7, 11) is 1.27. The predicted molar refractivity (Wildman–Crippen MR) is 77.5 cm³/mol. The standard InChI is InChI=1S/C14H13BrN2O4/c1-20-14(19)11-7-12(15)16-17(11)8-13(18)21-9-10-5-3-2-4-6-10/h2-7H,8-9H2,1H3. The molecule has 0 aliphatic heterocycles. The van der Waals surface area contributed by atoms with Gasteiger partial charge in [0.1, 0.15) is 23.4 Å². The van der Waals surface area contributed by atoms with Crippen LogP contribution >= 0.6 is 15.9 Å². The normalized spacial score (nSPS) is 10.2. The molecule has 0 aliphatic rings. The first kappa shape index (κ1) is 15.2. The zero-order chi connectivity index (χ0) is 15.2. The van der Waals surface area contributed by atoms with Crippen molar-refractivity contribution in [2.75, 3.05) is 7.11 Å². The van der Waals surface area contributed by atoms with E-state index in [2.05, 4.69) is 25.8 Å². The van der Waals surface area contributed by atoms with Crippen LogP contribution < -0.4 is 0 Å². The summed E-state index contributed by atoms with van der Waals surface area (Å²) >= 11 is 3.15. The maximum Gasteiger partial charge on any atom is 0.356 e. The highest BCUT2D eigenvalue weighted by Gasteiger charge is 2.17. The van der Waals surface area contributed by atoms with Gasteiger partial charge in [-0.3, -0.25) is 4.79 Å². The van der Waals surface area contributed by atoms with Crippen molar-refractivity contribution in [2.45, 2.75) is 13.2 Å². The Hall–Kier alpha value is -2.15. The molecule has 0 fully saturated rings. The first-order valence-corrected chi connectivity index (χ1v) is 6.90. The molecular weight excluding hydrogens is 340 g/mol. The number of carbonyl (C=O) groups excluding carboxylic acids is 2. The van der Waals surface area contributed by atoms with Gasteiger partial charge in [-0.05, 0) is 21.5 Å². The van der Waals surface area contributed by atoms with Gasteiger partial charge in [-0.15, -0.1) is 0 Å². The molecule has 0 bridgehead atoms. The number of nitrogens with zero attached hydrogens (tertiary/aromatic N) is 2. The molecule has 0 spiro atoms. The molecule has 0 N–H and O–H groups in total. The minimum Gasteiger partial charge on any atom is -0.464 e. The smallest absolute Gasteiger partial charge is 0.356 e. The van der Waals surface area contributed by atoms with Crippen LogP contribution in [-0.2, 0) is 27.4 Å². The van der Waals surface area contributed by atoms with Gasteiger partial charge >= 0.3 is 11.9 Å². The molecule has 0 atom stereocenters. The maximum atomic E-state index is 11.8. The lowest BCUT2D eigenvalue weighted by Crippen LogP contribution is -2.19. The Morgan fingerprint density at radius 1 is 1.29 bits per heavy atom. The SMILES string of the molecule is COC(=O)c1cc(Br)nn1CC(=O)OCc1ccccc1. The number of benzene rings is 1. The Labute approximate surface area is 129 Å². The molecule has 1 aromatic carbocycles. The Morgan fingerprint density at radius 3 is 2.67 bits per heavy atom. The third kappa shape index (κ3) is 4.16. The van der Waals surface area contributed by atoms with E-state index >= 15 is 0 Å². The highest BCUT2D eigenvalue weighted by atomic mass is 79.9. The van der Waals surface area contributed by atoms with Gasteiger partial charge in [0.25, 0.3) is 0 Å². The average molecular weight is 353 g/mol. The number of hydrogen-bond acceptors (Lipinski definition) is 5. The number of aromatic nitrogens is 2. The monoisotopic (exact) mass is 352 g/mol. The van der Waals surface area contributed by atoms with Gasteiger partial charge in [0, 0.05) is 6.07 Å². The number of rotatable bonds is 5. The van der Waals surface area contributed by atoms with Crippen LogP contribution in [0, 0.1) is 0 Å². The van der Waals surface area contributed by atoms with Gasteiger partial charge in [0.15, 0.2) is 0 Å². The summed E-state index contributed by atoms with van der Waals surface area (Å²) in [5.41, 5.74) is 1.07. The summed E-state index contributed by atoms with van der Waals surface area (Å²) in [5, 5.41) is 4.01. The lowest BCUT2D eigenvalue weighted by Gasteiger charge is -2.07. The topological polar surface area (TPSA) is 70.4 Å². The lowest BCUT2D eigenvalue weighted by molar-refractivity contribution is -0.145.